The van der Waals surface area contributed by atoms with Crippen molar-refractivity contribution in [2.75, 3.05) is 19.7 Å². The van der Waals surface area contributed by atoms with Crippen LogP contribution in [0.3, 0.4) is 0 Å². The molecule has 1 aliphatic carbocycles. The Morgan fingerprint density at radius 3 is 2.55 bits per heavy atom. The zero-order valence-corrected chi connectivity index (χ0v) is 11.0. The molecule has 112 valence electrons. The quantitative estimate of drug-likeness (QED) is 0.844. The molecule has 1 aromatic rings. The monoisotopic (exact) mass is 289 g/mol. The molecule has 0 aliphatic heterocycles. The van der Waals surface area contributed by atoms with E-state index in [9.17, 15) is 18.3 Å². The summed E-state index contributed by atoms with van der Waals surface area (Å²) < 4.78 is 37.9. The van der Waals surface area contributed by atoms with E-state index in [-0.39, 0.29) is 18.7 Å². The lowest BCUT2D eigenvalue weighted by Crippen LogP contribution is -2.33. The van der Waals surface area contributed by atoms with Crippen LogP contribution in [-0.2, 0) is 6.18 Å². The SMILES string of the molecule is OCCN(C[C@H](O)c1cccc(C(F)(F)F)c1)C1CC1. The Balaban J connectivity index is 2.06. The molecule has 1 aliphatic rings. The first-order chi connectivity index (χ1) is 9.41. The normalized spacial score (nSPS) is 17.5. The van der Waals surface area contributed by atoms with Crippen molar-refractivity contribution < 1.29 is 23.4 Å². The molecule has 0 bridgehead atoms. The third-order valence-electron chi connectivity index (χ3n) is 3.46. The highest BCUT2D eigenvalue weighted by atomic mass is 19.4. The van der Waals surface area contributed by atoms with Crippen molar-refractivity contribution >= 4 is 0 Å². The molecule has 2 N–H and O–H groups in total. The molecule has 3 nitrogen and oxygen atoms in total. The highest BCUT2D eigenvalue weighted by Gasteiger charge is 2.32. The van der Waals surface area contributed by atoms with E-state index in [1.165, 1.54) is 12.1 Å². The lowest BCUT2D eigenvalue weighted by molar-refractivity contribution is -0.137. The summed E-state index contributed by atoms with van der Waals surface area (Å²) in [5, 5.41) is 19.1. The first-order valence-electron chi connectivity index (χ1n) is 6.62. The van der Waals surface area contributed by atoms with Gasteiger partial charge in [0.05, 0.1) is 18.3 Å². The number of halogens is 3. The number of hydrogen-bond acceptors (Lipinski definition) is 3. The molecule has 0 radical (unpaired) electrons. The van der Waals surface area contributed by atoms with Crippen LogP contribution in [0.25, 0.3) is 0 Å². The second-order valence-corrected chi connectivity index (χ2v) is 5.09. The smallest absolute Gasteiger partial charge is 0.395 e. The molecule has 0 unspecified atom stereocenters. The lowest BCUT2D eigenvalue weighted by atomic mass is 10.1. The third-order valence-corrected chi connectivity index (χ3v) is 3.46. The maximum Gasteiger partial charge on any atom is 0.416 e. The fourth-order valence-corrected chi connectivity index (χ4v) is 2.24. The Bertz CT molecular complexity index is 446. The van der Waals surface area contributed by atoms with Gasteiger partial charge in [0.1, 0.15) is 0 Å². The molecule has 6 heteroatoms. The van der Waals surface area contributed by atoms with E-state index in [4.69, 9.17) is 5.11 Å². The minimum absolute atomic E-state index is 0.0220. The molecular weight excluding hydrogens is 271 g/mol. The summed E-state index contributed by atoms with van der Waals surface area (Å²) in [6, 6.07) is 5.10. The molecule has 0 spiro atoms. The van der Waals surface area contributed by atoms with Gasteiger partial charge in [-0.1, -0.05) is 12.1 Å². The number of aliphatic hydroxyl groups is 2. The van der Waals surface area contributed by atoms with Crippen LogP contribution in [0.2, 0.25) is 0 Å². The maximum atomic E-state index is 12.6. The highest BCUT2D eigenvalue weighted by molar-refractivity contribution is 5.27. The van der Waals surface area contributed by atoms with Gasteiger partial charge < -0.3 is 10.2 Å². The molecule has 20 heavy (non-hydrogen) atoms. The highest BCUT2D eigenvalue weighted by Crippen LogP contribution is 2.32. The van der Waals surface area contributed by atoms with Gasteiger partial charge in [-0.25, -0.2) is 0 Å². The minimum atomic E-state index is -4.41. The van der Waals surface area contributed by atoms with Gasteiger partial charge in [-0.15, -0.1) is 0 Å². The van der Waals surface area contributed by atoms with E-state index in [1.807, 2.05) is 4.90 Å². The van der Waals surface area contributed by atoms with Crippen LogP contribution in [0.5, 0.6) is 0 Å². The summed E-state index contributed by atoms with van der Waals surface area (Å²) in [5.74, 6) is 0. The van der Waals surface area contributed by atoms with E-state index >= 15 is 0 Å². The van der Waals surface area contributed by atoms with Gasteiger partial charge >= 0.3 is 6.18 Å². The van der Waals surface area contributed by atoms with Crippen LogP contribution in [0.15, 0.2) is 24.3 Å². The van der Waals surface area contributed by atoms with Gasteiger partial charge in [-0.3, -0.25) is 4.90 Å². The number of hydrogen-bond donors (Lipinski definition) is 2. The molecule has 0 heterocycles. The van der Waals surface area contributed by atoms with Gasteiger partial charge in [0.25, 0.3) is 0 Å². The number of benzene rings is 1. The second kappa shape index (κ2) is 6.11. The maximum absolute atomic E-state index is 12.6. The van der Waals surface area contributed by atoms with E-state index in [0.717, 1.165) is 25.0 Å². The summed E-state index contributed by atoms with van der Waals surface area (Å²) >= 11 is 0. The van der Waals surface area contributed by atoms with Gasteiger partial charge in [0.15, 0.2) is 0 Å². The van der Waals surface area contributed by atoms with Gasteiger partial charge in [0, 0.05) is 19.1 Å². The summed E-state index contributed by atoms with van der Waals surface area (Å²) in [4.78, 5) is 1.92. The Hall–Kier alpha value is -1.11. The zero-order chi connectivity index (χ0) is 14.8. The van der Waals surface area contributed by atoms with Gasteiger partial charge in [-0.05, 0) is 30.5 Å². The predicted molar refractivity (Wildman–Crippen MR) is 68.1 cm³/mol. The predicted octanol–water partition coefficient (Wildman–Crippen LogP) is 2.20. The van der Waals surface area contributed by atoms with Gasteiger partial charge in [-0.2, -0.15) is 13.2 Å². The Labute approximate surface area is 115 Å². The zero-order valence-electron chi connectivity index (χ0n) is 11.0. The van der Waals surface area contributed by atoms with Crippen molar-refractivity contribution in [2.24, 2.45) is 0 Å². The van der Waals surface area contributed by atoms with E-state index in [1.54, 1.807) is 0 Å². The van der Waals surface area contributed by atoms with Crippen molar-refractivity contribution in [3.8, 4) is 0 Å². The molecule has 0 aromatic heterocycles. The summed E-state index contributed by atoms with van der Waals surface area (Å²) in [5.41, 5.74) is -0.502. The van der Waals surface area contributed by atoms with Crippen molar-refractivity contribution in [2.45, 2.75) is 31.2 Å². The summed E-state index contributed by atoms with van der Waals surface area (Å²) in [6.45, 7) is 0.652. The first-order valence-corrected chi connectivity index (χ1v) is 6.62. The molecule has 0 amide bonds. The largest absolute Gasteiger partial charge is 0.416 e. The van der Waals surface area contributed by atoms with Crippen LogP contribution < -0.4 is 0 Å². The van der Waals surface area contributed by atoms with Crippen LogP contribution in [0.1, 0.15) is 30.1 Å². The van der Waals surface area contributed by atoms with Crippen LogP contribution >= 0.6 is 0 Å². The van der Waals surface area contributed by atoms with Crippen LogP contribution in [0.4, 0.5) is 13.2 Å². The number of nitrogens with zero attached hydrogens (tertiary/aromatic N) is 1. The Morgan fingerprint density at radius 2 is 2.00 bits per heavy atom. The molecule has 1 atom stereocenters. The van der Waals surface area contributed by atoms with Crippen molar-refractivity contribution in [1.82, 2.24) is 4.90 Å². The average Bonchev–Trinajstić information content (AvgIpc) is 3.21. The van der Waals surface area contributed by atoms with E-state index in [2.05, 4.69) is 0 Å². The number of alkyl halides is 3. The molecule has 1 saturated carbocycles. The molecular formula is C14H18F3NO2. The van der Waals surface area contributed by atoms with E-state index in [0.29, 0.717) is 12.6 Å². The minimum Gasteiger partial charge on any atom is -0.395 e. The molecule has 1 fully saturated rings. The standard InChI is InChI=1S/C14H18F3NO2/c15-14(16,17)11-3-1-2-10(8-11)13(20)9-18(6-7-19)12-4-5-12/h1-3,8,12-13,19-20H,4-7,9H2/t13-/m0/s1. The lowest BCUT2D eigenvalue weighted by Gasteiger charge is -2.24. The fraction of sp³-hybridized carbons (Fsp3) is 0.571. The van der Waals surface area contributed by atoms with Gasteiger partial charge in [0.2, 0.25) is 0 Å². The Kier molecular flexibility index (Phi) is 4.67. The van der Waals surface area contributed by atoms with Crippen molar-refractivity contribution in [3.05, 3.63) is 35.4 Å². The second-order valence-electron chi connectivity index (χ2n) is 5.09. The molecule has 0 saturated heterocycles. The average molecular weight is 289 g/mol. The molecule has 1 aromatic carbocycles. The number of rotatable bonds is 6. The molecule has 2 rings (SSSR count). The summed E-state index contributed by atoms with van der Waals surface area (Å²) in [7, 11) is 0. The topological polar surface area (TPSA) is 43.7 Å². The summed E-state index contributed by atoms with van der Waals surface area (Å²) in [6.07, 6.45) is -3.37. The van der Waals surface area contributed by atoms with Crippen LogP contribution in [-0.4, -0.2) is 40.9 Å². The van der Waals surface area contributed by atoms with E-state index < -0.39 is 17.8 Å². The fourth-order valence-electron chi connectivity index (χ4n) is 2.24. The first kappa shape index (κ1) is 15.3. The number of aliphatic hydroxyl groups excluding tert-OH is 2. The van der Waals surface area contributed by atoms with Crippen molar-refractivity contribution in [1.29, 1.82) is 0 Å². The Morgan fingerprint density at radius 1 is 1.30 bits per heavy atom. The van der Waals surface area contributed by atoms with Crippen LogP contribution in [0, 0.1) is 0 Å². The third kappa shape index (κ3) is 3.94. The van der Waals surface area contributed by atoms with Crippen molar-refractivity contribution in [3.63, 3.8) is 0 Å².